The zero-order chi connectivity index (χ0) is 15.0. The van der Waals surface area contributed by atoms with Crippen molar-refractivity contribution in [3.05, 3.63) is 56.5 Å². The Labute approximate surface area is 135 Å². The average molecular weight is 368 g/mol. The van der Waals surface area contributed by atoms with Crippen molar-refractivity contribution in [2.75, 3.05) is 0 Å². The van der Waals surface area contributed by atoms with Gasteiger partial charge in [-0.1, -0.05) is 39.7 Å². The quantitative estimate of drug-likeness (QED) is 0.801. The monoisotopic (exact) mass is 366 g/mol. The van der Waals surface area contributed by atoms with Crippen LogP contribution in [0.25, 0.3) is 0 Å². The number of phenolic OH excluding ortho intramolecular Hbond substituents is 1. The van der Waals surface area contributed by atoms with Crippen molar-refractivity contribution in [1.29, 1.82) is 0 Å². The Hall–Kier alpha value is -1.52. The van der Waals surface area contributed by atoms with Crippen molar-refractivity contribution in [1.82, 2.24) is 0 Å². The lowest BCUT2D eigenvalue weighted by molar-refractivity contribution is 0.112. The zero-order valence-corrected chi connectivity index (χ0v) is 13.3. The van der Waals surface area contributed by atoms with Gasteiger partial charge in [-0.2, -0.15) is 0 Å². The summed E-state index contributed by atoms with van der Waals surface area (Å²) < 4.78 is 7.02. The fraction of sp³-hybridized carbons (Fsp3) is 0.188. The van der Waals surface area contributed by atoms with E-state index in [2.05, 4.69) is 15.9 Å². The summed E-state index contributed by atoms with van der Waals surface area (Å²) in [6, 6.07) is 8.82. The molecular formula is C16H12BrClO3. The molecule has 0 bridgehead atoms. The molecule has 0 spiro atoms. The molecule has 3 rings (SSSR count). The second-order valence-corrected chi connectivity index (χ2v) is 6.17. The van der Waals surface area contributed by atoms with Crippen LogP contribution in [0.15, 0.2) is 34.8 Å². The molecule has 0 saturated heterocycles. The molecular weight excluding hydrogens is 356 g/mol. The van der Waals surface area contributed by atoms with Gasteiger partial charge in [-0.15, -0.1) is 0 Å². The van der Waals surface area contributed by atoms with Crippen LogP contribution in [0.2, 0.25) is 5.02 Å². The number of hydrogen-bond donors (Lipinski definition) is 1. The van der Waals surface area contributed by atoms with E-state index in [9.17, 15) is 9.90 Å². The number of benzene rings is 2. The number of carbonyl (C=O) groups excluding carboxylic acids is 1. The molecule has 1 atom stereocenters. The number of hydrogen-bond acceptors (Lipinski definition) is 3. The summed E-state index contributed by atoms with van der Waals surface area (Å²) >= 11 is 9.66. The van der Waals surface area contributed by atoms with Crippen LogP contribution >= 0.6 is 27.5 Å². The van der Waals surface area contributed by atoms with E-state index in [1.54, 1.807) is 0 Å². The summed E-state index contributed by atoms with van der Waals surface area (Å²) in [4.78, 5) is 10.8. The van der Waals surface area contributed by atoms with Gasteiger partial charge in [0.1, 0.15) is 17.6 Å². The molecule has 0 amide bonds. The zero-order valence-electron chi connectivity index (χ0n) is 11.0. The van der Waals surface area contributed by atoms with E-state index in [0.29, 0.717) is 17.1 Å². The highest BCUT2D eigenvalue weighted by atomic mass is 79.9. The molecule has 5 heteroatoms. The molecule has 0 saturated carbocycles. The normalized spacial score (nSPS) is 16.6. The molecule has 0 aliphatic heterocycles. The maximum absolute atomic E-state index is 10.8. The third-order valence-corrected chi connectivity index (χ3v) is 4.67. The number of halogens is 2. The lowest BCUT2D eigenvalue weighted by atomic mass is 10.1. The molecule has 0 radical (unpaired) electrons. The van der Waals surface area contributed by atoms with E-state index in [1.807, 2.05) is 18.2 Å². The van der Waals surface area contributed by atoms with Crippen LogP contribution in [0.1, 0.15) is 34.0 Å². The minimum absolute atomic E-state index is 0.100. The van der Waals surface area contributed by atoms with Gasteiger partial charge in [0.2, 0.25) is 0 Å². The van der Waals surface area contributed by atoms with Crippen molar-refractivity contribution < 1.29 is 14.6 Å². The minimum Gasteiger partial charge on any atom is -0.507 e. The van der Waals surface area contributed by atoms with E-state index < -0.39 is 0 Å². The van der Waals surface area contributed by atoms with Gasteiger partial charge >= 0.3 is 0 Å². The second kappa shape index (κ2) is 5.70. The van der Waals surface area contributed by atoms with Crippen molar-refractivity contribution in [2.45, 2.75) is 18.9 Å². The van der Waals surface area contributed by atoms with Gasteiger partial charge in [0.25, 0.3) is 0 Å². The number of aldehydes is 1. The van der Waals surface area contributed by atoms with Gasteiger partial charge in [-0.05, 0) is 36.1 Å². The highest BCUT2D eigenvalue weighted by Gasteiger charge is 2.26. The molecule has 1 N–H and O–H groups in total. The number of rotatable bonds is 3. The van der Waals surface area contributed by atoms with Crippen LogP contribution in [0, 0.1) is 0 Å². The maximum atomic E-state index is 10.8. The predicted molar refractivity (Wildman–Crippen MR) is 84.3 cm³/mol. The van der Waals surface area contributed by atoms with Gasteiger partial charge in [0.05, 0.1) is 10.6 Å². The Morgan fingerprint density at radius 3 is 2.95 bits per heavy atom. The molecule has 0 fully saturated rings. The second-order valence-electron chi connectivity index (χ2n) is 4.91. The summed E-state index contributed by atoms with van der Waals surface area (Å²) in [6.45, 7) is 0. The number of ether oxygens (including phenoxy) is 1. The Bertz CT molecular complexity index is 715. The van der Waals surface area contributed by atoms with E-state index in [1.165, 1.54) is 17.7 Å². The first kappa shape index (κ1) is 14.4. The van der Waals surface area contributed by atoms with Crippen LogP contribution in [-0.2, 0) is 6.42 Å². The van der Waals surface area contributed by atoms with Crippen LogP contribution in [-0.4, -0.2) is 11.4 Å². The van der Waals surface area contributed by atoms with E-state index in [4.69, 9.17) is 16.3 Å². The number of carbonyl (C=O) groups is 1. The Morgan fingerprint density at radius 1 is 1.38 bits per heavy atom. The lowest BCUT2D eigenvalue weighted by Crippen LogP contribution is -2.04. The molecule has 2 aromatic carbocycles. The first-order chi connectivity index (χ1) is 10.1. The third-order valence-electron chi connectivity index (χ3n) is 3.64. The van der Waals surface area contributed by atoms with E-state index >= 15 is 0 Å². The molecule has 0 heterocycles. The lowest BCUT2D eigenvalue weighted by Gasteiger charge is -2.17. The number of fused-ring (bicyclic) bond motifs is 1. The smallest absolute Gasteiger partial charge is 0.153 e. The summed E-state index contributed by atoms with van der Waals surface area (Å²) in [5.41, 5.74) is 2.52. The molecule has 1 aliphatic carbocycles. The topological polar surface area (TPSA) is 46.5 Å². The summed E-state index contributed by atoms with van der Waals surface area (Å²) in [5.74, 6) is 0.259. The van der Waals surface area contributed by atoms with Crippen LogP contribution < -0.4 is 4.74 Å². The molecule has 2 aromatic rings. The van der Waals surface area contributed by atoms with Crippen molar-refractivity contribution >= 4 is 33.8 Å². The highest BCUT2D eigenvalue weighted by molar-refractivity contribution is 9.10. The molecule has 21 heavy (non-hydrogen) atoms. The fourth-order valence-corrected chi connectivity index (χ4v) is 3.39. The van der Waals surface area contributed by atoms with Crippen molar-refractivity contribution in [3.8, 4) is 11.5 Å². The van der Waals surface area contributed by atoms with Crippen LogP contribution in [0.4, 0.5) is 0 Å². The first-order valence-electron chi connectivity index (χ1n) is 6.51. The largest absolute Gasteiger partial charge is 0.507 e. The standard InChI is InChI=1S/C16H12BrClO3/c17-12-3-1-2-11-10(12)4-5-15(11)21-16-7-14(20)9(8-19)6-13(16)18/h1-3,6-8,15,20H,4-5H2/t15-/m1/s1. The van der Waals surface area contributed by atoms with Crippen molar-refractivity contribution in [2.24, 2.45) is 0 Å². The highest BCUT2D eigenvalue weighted by Crippen LogP contribution is 2.41. The van der Waals surface area contributed by atoms with Crippen LogP contribution in [0.5, 0.6) is 11.5 Å². The SMILES string of the molecule is O=Cc1cc(Cl)c(O[C@@H]2CCc3c(Br)cccc32)cc1O. The number of aromatic hydroxyl groups is 1. The number of phenols is 1. The predicted octanol–water partition coefficient (Wildman–Crippen LogP) is 4.69. The molecule has 0 aromatic heterocycles. The Balaban J connectivity index is 1.91. The molecule has 3 nitrogen and oxygen atoms in total. The summed E-state index contributed by atoms with van der Waals surface area (Å²) in [6.07, 6.45) is 2.24. The summed E-state index contributed by atoms with van der Waals surface area (Å²) in [5, 5.41) is 10.1. The molecule has 1 aliphatic rings. The van der Waals surface area contributed by atoms with E-state index in [0.717, 1.165) is 22.9 Å². The minimum atomic E-state index is -0.128. The van der Waals surface area contributed by atoms with E-state index in [-0.39, 0.29) is 17.4 Å². The first-order valence-corrected chi connectivity index (χ1v) is 7.69. The molecule has 0 unspecified atom stereocenters. The van der Waals surface area contributed by atoms with Gasteiger partial charge in [-0.25, -0.2) is 0 Å². The Morgan fingerprint density at radius 2 is 2.19 bits per heavy atom. The fourth-order valence-electron chi connectivity index (χ4n) is 2.59. The Kier molecular flexibility index (Phi) is 3.91. The summed E-state index contributed by atoms with van der Waals surface area (Å²) in [7, 11) is 0. The third kappa shape index (κ3) is 2.65. The molecule has 108 valence electrons. The van der Waals surface area contributed by atoms with Crippen LogP contribution in [0.3, 0.4) is 0 Å². The van der Waals surface area contributed by atoms with Gasteiger partial charge < -0.3 is 9.84 Å². The van der Waals surface area contributed by atoms with Gasteiger partial charge in [0, 0.05) is 10.5 Å². The van der Waals surface area contributed by atoms with Crippen molar-refractivity contribution in [3.63, 3.8) is 0 Å². The van der Waals surface area contributed by atoms with Gasteiger partial charge in [-0.3, -0.25) is 4.79 Å². The van der Waals surface area contributed by atoms with Gasteiger partial charge in [0.15, 0.2) is 6.29 Å². The average Bonchev–Trinajstić information content (AvgIpc) is 2.87. The maximum Gasteiger partial charge on any atom is 0.153 e.